The first kappa shape index (κ1) is 26.2. The van der Waals surface area contributed by atoms with Gasteiger partial charge in [0.25, 0.3) is 0 Å². The maximum Gasteiger partial charge on any atom is 0.165 e. The Morgan fingerprint density at radius 3 is 2.82 bits per heavy atom. The first-order valence-electron chi connectivity index (χ1n) is 10.7. The van der Waals surface area contributed by atoms with Crippen molar-refractivity contribution < 1.29 is 19.0 Å². The summed E-state index contributed by atoms with van der Waals surface area (Å²) >= 11 is 0. The maximum atomic E-state index is 14.2. The Balaban J connectivity index is 1.84. The zero-order chi connectivity index (χ0) is 24.8. The number of fused-ring (bicyclic) bond motifs is 1. The van der Waals surface area contributed by atoms with Crippen molar-refractivity contribution >= 4 is 29.0 Å². The van der Waals surface area contributed by atoms with Crippen molar-refractivity contribution in [2.24, 2.45) is 12.0 Å². The van der Waals surface area contributed by atoms with Crippen LogP contribution >= 0.6 is 0 Å². The fourth-order valence-electron chi connectivity index (χ4n) is 2.90. The molecule has 6 heteroatoms. The Labute approximate surface area is 199 Å². The molecule has 0 aliphatic carbocycles. The highest BCUT2D eigenvalue weighted by Crippen LogP contribution is 2.17. The van der Waals surface area contributed by atoms with Gasteiger partial charge in [-0.05, 0) is 47.4 Å². The second kappa shape index (κ2) is 14.2. The molecule has 1 aromatic heterocycles. The number of nitrogens with zero attached hydrogens (tertiary/aromatic N) is 2. The van der Waals surface area contributed by atoms with E-state index in [-0.39, 0.29) is 24.6 Å². The van der Waals surface area contributed by atoms with Crippen molar-refractivity contribution in [1.82, 2.24) is 4.57 Å². The average molecular weight is 461 g/mol. The molecule has 2 rings (SSSR count). The van der Waals surface area contributed by atoms with E-state index in [4.69, 9.17) is 4.74 Å². The normalized spacial score (nSPS) is 14.1. The van der Waals surface area contributed by atoms with Gasteiger partial charge in [-0.15, -0.1) is 0 Å². The molecule has 1 unspecified atom stereocenters. The number of aromatic nitrogens is 1. The second-order valence-corrected chi connectivity index (χ2v) is 7.20. The number of hydrogen-bond donors (Lipinski definition) is 1. The predicted octanol–water partition coefficient (Wildman–Crippen LogP) is 5.78. The van der Waals surface area contributed by atoms with Crippen LogP contribution < -0.4 is 0 Å². The van der Waals surface area contributed by atoms with Crippen LogP contribution in [0.1, 0.15) is 12.0 Å². The molecule has 1 heterocycles. The quantitative estimate of drug-likeness (QED) is 0.178. The molecule has 0 fully saturated rings. The summed E-state index contributed by atoms with van der Waals surface area (Å²) in [6.45, 7) is 7.12. The molecular weight excluding hydrogens is 431 g/mol. The van der Waals surface area contributed by atoms with Crippen LogP contribution in [0.5, 0.6) is 0 Å². The Morgan fingerprint density at radius 2 is 2.06 bits per heavy atom. The molecular formula is C28H29FN2O3. The number of carbonyl (C=O) groups is 1. The van der Waals surface area contributed by atoms with Crippen LogP contribution in [-0.4, -0.2) is 34.4 Å². The smallest absolute Gasteiger partial charge is 0.165 e. The SMILES string of the molecule is C=C/C=C\N=C\CO/C(C=C)=C(F)/C=C/C=C/C(O)CC(=O)/C=C/c1ccc2ccn(C)c2c1. The number of rotatable bonds is 13. The van der Waals surface area contributed by atoms with Gasteiger partial charge in [-0.25, -0.2) is 4.39 Å². The van der Waals surface area contributed by atoms with Crippen molar-refractivity contribution in [3.05, 3.63) is 116 Å². The largest absolute Gasteiger partial charge is 0.485 e. The molecule has 0 aliphatic rings. The summed E-state index contributed by atoms with van der Waals surface area (Å²) in [4.78, 5) is 16.1. The minimum absolute atomic E-state index is 0.0295. The topological polar surface area (TPSA) is 63.8 Å². The molecule has 0 aliphatic heterocycles. The van der Waals surface area contributed by atoms with Crippen LogP contribution in [0.15, 0.2) is 115 Å². The number of carbonyl (C=O) groups excluding carboxylic acids is 1. The lowest BCUT2D eigenvalue weighted by Gasteiger charge is -2.03. The van der Waals surface area contributed by atoms with Crippen LogP contribution in [0, 0.1) is 0 Å². The zero-order valence-electron chi connectivity index (χ0n) is 19.2. The average Bonchev–Trinajstić information content (AvgIpc) is 3.20. The van der Waals surface area contributed by atoms with Crippen molar-refractivity contribution in [2.75, 3.05) is 6.61 Å². The van der Waals surface area contributed by atoms with Gasteiger partial charge < -0.3 is 14.4 Å². The number of allylic oxidation sites excluding steroid dienone is 8. The highest BCUT2D eigenvalue weighted by Gasteiger charge is 2.05. The van der Waals surface area contributed by atoms with E-state index in [9.17, 15) is 14.3 Å². The molecule has 0 saturated heterocycles. The number of benzene rings is 1. The highest BCUT2D eigenvalue weighted by atomic mass is 19.1. The van der Waals surface area contributed by atoms with Crippen LogP contribution in [-0.2, 0) is 16.6 Å². The number of halogens is 1. The summed E-state index contributed by atoms with van der Waals surface area (Å²) in [5.74, 6) is -0.873. The van der Waals surface area contributed by atoms with Crippen LogP contribution in [0.3, 0.4) is 0 Å². The molecule has 176 valence electrons. The number of aliphatic hydroxyl groups excluding tert-OH is 1. The maximum absolute atomic E-state index is 14.2. The van der Waals surface area contributed by atoms with Gasteiger partial charge in [0.05, 0.1) is 6.10 Å². The van der Waals surface area contributed by atoms with Gasteiger partial charge >= 0.3 is 0 Å². The summed E-state index contributed by atoms with van der Waals surface area (Å²) in [7, 11) is 1.96. The summed E-state index contributed by atoms with van der Waals surface area (Å²) in [6, 6.07) is 7.95. The summed E-state index contributed by atoms with van der Waals surface area (Å²) < 4.78 is 21.4. The molecule has 0 saturated carbocycles. The Kier molecular flexibility index (Phi) is 10.9. The molecule has 1 atom stereocenters. The van der Waals surface area contributed by atoms with Crippen molar-refractivity contribution in [2.45, 2.75) is 12.5 Å². The first-order chi connectivity index (χ1) is 16.4. The highest BCUT2D eigenvalue weighted by molar-refractivity contribution is 5.94. The van der Waals surface area contributed by atoms with Gasteiger partial charge in [0.2, 0.25) is 0 Å². The summed E-state index contributed by atoms with van der Waals surface area (Å²) in [5.41, 5.74) is 1.97. The minimum Gasteiger partial charge on any atom is -0.485 e. The zero-order valence-corrected chi connectivity index (χ0v) is 19.2. The third kappa shape index (κ3) is 8.84. The molecule has 0 amide bonds. The van der Waals surface area contributed by atoms with Crippen molar-refractivity contribution in [1.29, 1.82) is 0 Å². The molecule has 1 N–H and O–H groups in total. The van der Waals surface area contributed by atoms with Gasteiger partial charge in [0.15, 0.2) is 17.4 Å². The second-order valence-electron chi connectivity index (χ2n) is 7.20. The van der Waals surface area contributed by atoms with Crippen molar-refractivity contribution in [3.8, 4) is 0 Å². The van der Waals surface area contributed by atoms with E-state index in [0.717, 1.165) is 16.5 Å². The molecule has 0 bridgehead atoms. The van der Waals surface area contributed by atoms with Crippen LogP contribution in [0.25, 0.3) is 17.0 Å². The number of aliphatic imine (C=N–C) groups is 1. The molecule has 2 aromatic rings. The van der Waals surface area contributed by atoms with E-state index >= 15 is 0 Å². The lowest BCUT2D eigenvalue weighted by atomic mass is 10.1. The van der Waals surface area contributed by atoms with Gasteiger partial charge in [-0.2, -0.15) is 0 Å². The molecule has 34 heavy (non-hydrogen) atoms. The number of aliphatic hydroxyl groups is 1. The molecule has 1 aromatic carbocycles. The Hall–Kier alpha value is -4.03. The van der Waals surface area contributed by atoms with Crippen molar-refractivity contribution in [3.63, 3.8) is 0 Å². The lowest BCUT2D eigenvalue weighted by molar-refractivity contribution is -0.115. The Morgan fingerprint density at radius 1 is 1.24 bits per heavy atom. The fraction of sp³-hybridized carbons (Fsp3) is 0.143. The lowest BCUT2D eigenvalue weighted by Crippen LogP contribution is -2.08. The standard InChI is InChI=1S/C28H29FN2O3/c1-4-6-16-30-17-19-34-28(5-2)26(29)10-8-7-9-24(32)21-25(33)14-12-22-11-13-23-15-18-31(3)27(23)20-22/h4-18,20,24,32H,1-2,19,21H2,3H3/b9-7+,10-8+,14-12+,16-6-,28-26-,30-17+. The van der Waals surface area contributed by atoms with Gasteiger partial charge in [0.1, 0.15) is 6.61 Å². The number of ketones is 1. The predicted molar refractivity (Wildman–Crippen MR) is 138 cm³/mol. The molecule has 5 nitrogen and oxygen atoms in total. The summed E-state index contributed by atoms with van der Waals surface area (Å²) in [6.07, 6.45) is 17.0. The van der Waals surface area contributed by atoms with E-state index in [1.807, 2.05) is 42.1 Å². The third-order valence-corrected chi connectivity index (χ3v) is 4.62. The van der Waals surface area contributed by atoms with E-state index in [1.165, 1.54) is 48.9 Å². The van der Waals surface area contributed by atoms with Gasteiger partial charge in [-0.1, -0.05) is 55.7 Å². The number of ether oxygens (including phenoxy) is 1. The van der Waals surface area contributed by atoms with E-state index in [0.29, 0.717) is 0 Å². The number of hydrogen-bond acceptors (Lipinski definition) is 4. The van der Waals surface area contributed by atoms with E-state index in [2.05, 4.69) is 18.2 Å². The molecule has 0 spiro atoms. The number of aryl methyl sites for hydroxylation is 1. The van der Waals surface area contributed by atoms with E-state index in [1.54, 1.807) is 18.2 Å². The van der Waals surface area contributed by atoms with Gasteiger partial charge in [0, 0.05) is 37.6 Å². The first-order valence-corrected chi connectivity index (χ1v) is 10.7. The third-order valence-electron chi connectivity index (χ3n) is 4.62. The van der Waals surface area contributed by atoms with Crippen LogP contribution in [0.2, 0.25) is 0 Å². The van der Waals surface area contributed by atoms with E-state index < -0.39 is 11.9 Å². The van der Waals surface area contributed by atoms with Crippen LogP contribution in [0.4, 0.5) is 4.39 Å². The summed E-state index contributed by atoms with van der Waals surface area (Å²) in [5, 5.41) is 11.2. The molecule has 0 radical (unpaired) electrons. The fourth-order valence-corrected chi connectivity index (χ4v) is 2.90. The van der Waals surface area contributed by atoms with Gasteiger partial charge in [-0.3, -0.25) is 9.79 Å². The Bertz CT molecular complexity index is 1180. The monoisotopic (exact) mass is 460 g/mol. The minimum atomic E-state index is -0.987.